The molecule has 0 radical (unpaired) electrons. The smallest absolute Gasteiger partial charge is 0.443 e. The molecule has 1 aliphatic rings. The van der Waals surface area contributed by atoms with Gasteiger partial charge in [-0.25, -0.2) is 4.79 Å². The molecule has 0 atom stereocenters. The molecule has 0 aromatic carbocycles. The summed E-state index contributed by atoms with van der Waals surface area (Å²) >= 11 is 0. The first kappa shape index (κ1) is 3.91. The van der Waals surface area contributed by atoms with Crippen LogP contribution in [0.1, 0.15) is 0 Å². The number of carbonyl (C=O) groups is 1. The SMILES string of the molecule is O=C1C=[N+]([O-])N=N1. The first-order chi connectivity index (χ1) is 3.29. The van der Waals surface area contributed by atoms with E-state index in [9.17, 15) is 10.0 Å². The Balaban J connectivity index is 2.88. The number of hydrogen-bond donors (Lipinski definition) is 0. The minimum absolute atomic E-state index is 0.113. The molecule has 0 unspecified atom stereocenters. The van der Waals surface area contributed by atoms with Crippen molar-refractivity contribution in [1.82, 2.24) is 0 Å². The second-order valence-electron chi connectivity index (χ2n) is 0.959. The van der Waals surface area contributed by atoms with Gasteiger partial charge in [0.05, 0.1) is 0 Å². The summed E-state index contributed by atoms with van der Waals surface area (Å²) in [5, 5.41) is 15.5. The molecule has 0 aromatic heterocycles. The maximum Gasteiger partial charge on any atom is 0.443 e. The lowest BCUT2D eigenvalue weighted by Crippen LogP contribution is -1.93. The summed E-state index contributed by atoms with van der Waals surface area (Å²) < 4.78 is 0. The van der Waals surface area contributed by atoms with Gasteiger partial charge in [-0.15, -0.1) is 4.85 Å². The van der Waals surface area contributed by atoms with Crippen molar-refractivity contribution in [2.24, 2.45) is 10.3 Å². The number of carbonyl (C=O) groups excluding carboxylic acids is 1. The van der Waals surface area contributed by atoms with Crippen molar-refractivity contribution in [3.05, 3.63) is 5.21 Å². The second-order valence-corrected chi connectivity index (χ2v) is 0.959. The third-order valence-electron chi connectivity index (χ3n) is 0.452. The van der Waals surface area contributed by atoms with Gasteiger partial charge in [0.15, 0.2) is 0 Å². The van der Waals surface area contributed by atoms with Crippen LogP contribution < -0.4 is 0 Å². The van der Waals surface area contributed by atoms with E-state index in [4.69, 9.17) is 0 Å². The lowest BCUT2D eigenvalue weighted by atomic mass is 10.7. The van der Waals surface area contributed by atoms with Gasteiger partial charge in [-0.1, -0.05) is 0 Å². The van der Waals surface area contributed by atoms with E-state index in [1.807, 2.05) is 0 Å². The standard InChI is InChI=1S/C2HN3O2/c6-2-1-5(7)4-3-2/h1H. The quantitative estimate of drug-likeness (QED) is 0.302. The first-order valence-electron chi connectivity index (χ1n) is 1.56. The predicted molar refractivity (Wildman–Crippen MR) is 19.6 cm³/mol. The van der Waals surface area contributed by atoms with Crippen LogP contribution in [0.3, 0.4) is 0 Å². The monoisotopic (exact) mass is 99.0 g/mol. The summed E-state index contributed by atoms with van der Waals surface area (Å²) in [5.41, 5.74) is 0. The summed E-state index contributed by atoms with van der Waals surface area (Å²) in [6.07, 6.45) is 0.750. The molecule has 0 saturated heterocycles. The van der Waals surface area contributed by atoms with E-state index < -0.39 is 5.91 Å². The van der Waals surface area contributed by atoms with E-state index in [2.05, 4.69) is 10.3 Å². The molecule has 0 spiro atoms. The van der Waals surface area contributed by atoms with Crippen molar-refractivity contribution in [3.8, 4) is 0 Å². The van der Waals surface area contributed by atoms with Crippen molar-refractivity contribution >= 4 is 12.1 Å². The molecule has 0 fully saturated rings. The van der Waals surface area contributed by atoms with Gasteiger partial charge in [-0.05, 0) is 0 Å². The summed E-state index contributed by atoms with van der Waals surface area (Å²) in [7, 11) is 0. The van der Waals surface area contributed by atoms with Crippen LogP contribution in [-0.4, -0.2) is 17.0 Å². The molecule has 1 amide bonds. The zero-order chi connectivity index (χ0) is 5.28. The lowest BCUT2D eigenvalue weighted by molar-refractivity contribution is -0.461. The summed E-state index contributed by atoms with van der Waals surface area (Å²) in [6.45, 7) is 0. The average molecular weight is 99.0 g/mol. The molecule has 0 N–H and O–H groups in total. The highest BCUT2D eigenvalue weighted by Gasteiger charge is 2.10. The summed E-state index contributed by atoms with van der Waals surface area (Å²) in [5.74, 6) is -0.602. The van der Waals surface area contributed by atoms with Crippen molar-refractivity contribution < 1.29 is 9.64 Å². The third kappa shape index (κ3) is 0.594. The minimum atomic E-state index is -0.602. The maximum absolute atomic E-state index is 9.90. The van der Waals surface area contributed by atoms with Gasteiger partial charge in [0, 0.05) is 0 Å². The highest BCUT2D eigenvalue weighted by Crippen LogP contribution is 1.84. The fraction of sp³-hybridized carbons (Fsp3) is 0. The number of nitrogens with zero attached hydrogens (tertiary/aromatic N) is 3. The highest BCUT2D eigenvalue weighted by atomic mass is 16.5. The van der Waals surface area contributed by atoms with Gasteiger partial charge in [-0.3, -0.25) is 0 Å². The molecular weight excluding hydrogens is 98.0 g/mol. The molecule has 5 heteroatoms. The lowest BCUT2D eigenvalue weighted by Gasteiger charge is -1.84. The molecule has 1 rings (SSSR count). The molecule has 1 aliphatic heterocycles. The van der Waals surface area contributed by atoms with Crippen molar-refractivity contribution in [3.63, 3.8) is 0 Å². The Bertz CT molecular complexity index is 158. The average Bonchev–Trinajstić information content (AvgIpc) is 1.87. The van der Waals surface area contributed by atoms with Gasteiger partial charge >= 0.3 is 5.91 Å². The van der Waals surface area contributed by atoms with Crippen LogP contribution in [-0.2, 0) is 4.79 Å². The van der Waals surface area contributed by atoms with Crippen LogP contribution in [0, 0.1) is 5.21 Å². The van der Waals surface area contributed by atoms with Gasteiger partial charge in [0.2, 0.25) is 6.21 Å². The van der Waals surface area contributed by atoms with Crippen LogP contribution in [0.15, 0.2) is 10.3 Å². The molecule has 36 valence electrons. The maximum atomic E-state index is 9.90. The van der Waals surface area contributed by atoms with Crippen molar-refractivity contribution in [2.75, 3.05) is 0 Å². The minimum Gasteiger partial charge on any atom is -0.691 e. The van der Waals surface area contributed by atoms with Crippen LogP contribution in [0.25, 0.3) is 0 Å². The highest BCUT2D eigenvalue weighted by molar-refractivity contribution is 6.25. The van der Waals surface area contributed by atoms with Crippen molar-refractivity contribution in [1.29, 1.82) is 0 Å². The Hall–Kier alpha value is -1.26. The molecule has 0 aliphatic carbocycles. The number of amides is 1. The molecule has 1 heterocycles. The van der Waals surface area contributed by atoms with E-state index in [1.54, 1.807) is 0 Å². The van der Waals surface area contributed by atoms with Crippen LogP contribution in [0.4, 0.5) is 0 Å². The van der Waals surface area contributed by atoms with E-state index in [0.717, 1.165) is 6.21 Å². The van der Waals surface area contributed by atoms with Crippen LogP contribution in [0.5, 0.6) is 0 Å². The number of rotatable bonds is 0. The van der Waals surface area contributed by atoms with Crippen LogP contribution in [0.2, 0.25) is 0 Å². The second kappa shape index (κ2) is 1.11. The summed E-state index contributed by atoms with van der Waals surface area (Å²) in [4.78, 5) is 10.0. The van der Waals surface area contributed by atoms with E-state index >= 15 is 0 Å². The Kier molecular flexibility index (Phi) is 0.619. The molecule has 7 heavy (non-hydrogen) atoms. The Morgan fingerprint density at radius 3 is 2.71 bits per heavy atom. The van der Waals surface area contributed by atoms with Crippen molar-refractivity contribution in [2.45, 2.75) is 0 Å². The molecule has 0 saturated carbocycles. The molecule has 5 nitrogen and oxygen atoms in total. The van der Waals surface area contributed by atoms with E-state index in [0.29, 0.717) is 0 Å². The fourth-order valence-corrected chi connectivity index (χ4v) is 0.234. The normalized spacial score (nSPS) is 17.7. The number of hydrogen-bond acceptors (Lipinski definition) is 3. The summed E-state index contributed by atoms with van der Waals surface area (Å²) in [6, 6.07) is 0. The van der Waals surface area contributed by atoms with Gasteiger partial charge in [0.25, 0.3) is 0 Å². The molecular formula is C2HN3O2. The molecule has 0 bridgehead atoms. The molecule has 0 aromatic rings. The zero-order valence-electron chi connectivity index (χ0n) is 3.24. The van der Waals surface area contributed by atoms with E-state index in [1.165, 1.54) is 0 Å². The fourth-order valence-electron chi connectivity index (χ4n) is 0.234. The van der Waals surface area contributed by atoms with Gasteiger partial charge in [-0.2, -0.15) is 0 Å². The first-order valence-corrected chi connectivity index (χ1v) is 1.56. The Labute approximate surface area is 38.5 Å². The topological polar surface area (TPSA) is 67.9 Å². The van der Waals surface area contributed by atoms with E-state index in [-0.39, 0.29) is 4.85 Å². The Morgan fingerprint density at radius 1 is 1.86 bits per heavy atom. The predicted octanol–water partition coefficient (Wildman–Crippen LogP) is -0.525. The largest absolute Gasteiger partial charge is 0.691 e. The Morgan fingerprint density at radius 2 is 2.57 bits per heavy atom. The third-order valence-corrected chi connectivity index (χ3v) is 0.452. The van der Waals surface area contributed by atoms with Crippen LogP contribution >= 0.6 is 0 Å². The van der Waals surface area contributed by atoms with Gasteiger partial charge < -0.3 is 5.21 Å². The van der Waals surface area contributed by atoms with Gasteiger partial charge in [0.1, 0.15) is 10.3 Å². The zero-order valence-corrected chi connectivity index (χ0v) is 3.24.